The molecule has 0 spiro atoms. The van der Waals surface area contributed by atoms with E-state index in [0.29, 0.717) is 11.3 Å². The van der Waals surface area contributed by atoms with Gasteiger partial charge in [0.25, 0.3) is 0 Å². The van der Waals surface area contributed by atoms with Gasteiger partial charge in [0.05, 0.1) is 14.2 Å². The minimum Gasteiger partial charge on any atom is -0.493 e. The van der Waals surface area contributed by atoms with Gasteiger partial charge in [-0.25, -0.2) is 4.79 Å². The zero-order chi connectivity index (χ0) is 14.0. The number of ether oxygens (including phenoxy) is 2. The monoisotopic (exact) mass is 264 g/mol. The molecule has 1 heterocycles. The van der Waals surface area contributed by atoms with E-state index in [1.807, 2.05) is 0 Å². The van der Waals surface area contributed by atoms with Gasteiger partial charge >= 0.3 is 5.97 Å². The van der Waals surface area contributed by atoms with Crippen molar-refractivity contribution in [3.05, 3.63) is 23.8 Å². The fraction of sp³-hybridized carbons (Fsp3) is 0.167. The summed E-state index contributed by atoms with van der Waals surface area (Å²) >= 11 is 0. The summed E-state index contributed by atoms with van der Waals surface area (Å²) in [7, 11) is 2.79. The quantitative estimate of drug-likeness (QED) is 0.864. The number of carboxylic acid groups (broad SMARTS) is 1. The first-order chi connectivity index (χ1) is 9.06. The lowest BCUT2D eigenvalue weighted by atomic mass is 10.1. The third-order valence-electron chi connectivity index (χ3n) is 2.52. The molecule has 0 saturated carbocycles. The minimum atomic E-state index is -1.13. The number of aromatic nitrogens is 1. The molecule has 0 unspecified atom stereocenters. The predicted molar refractivity (Wildman–Crippen MR) is 66.4 cm³/mol. The molecule has 0 aliphatic heterocycles. The van der Waals surface area contributed by atoms with Gasteiger partial charge in [0.2, 0.25) is 0 Å². The van der Waals surface area contributed by atoms with Crippen LogP contribution in [0, 0.1) is 0 Å². The molecule has 0 radical (unpaired) electrons. The molecule has 19 heavy (non-hydrogen) atoms. The predicted octanol–water partition coefficient (Wildman–Crippen LogP) is 1.64. The fourth-order valence-corrected chi connectivity index (χ4v) is 1.69. The molecule has 0 saturated heterocycles. The molecule has 2 rings (SSSR count). The summed E-state index contributed by atoms with van der Waals surface area (Å²) in [5.41, 5.74) is 5.91. The van der Waals surface area contributed by atoms with Gasteiger partial charge in [-0.1, -0.05) is 5.16 Å². The van der Waals surface area contributed by atoms with E-state index >= 15 is 0 Å². The Morgan fingerprint density at radius 2 is 2.05 bits per heavy atom. The van der Waals surface area contributed by atoms with Gasteiger partial charge in [0, 0.05) is 11.6 Å². The van der Waals surface area contributed by atoms with E-state index in [1.54, 1.807) is 6.07 Å². The van der Waals surface area contributed by atoms with Crippen LogP contribution >= 0.6 is 0 Å². The molecule has 0 amide bonds. The van der Waals surface area contributed by atoms with Crippen LogP contribution in [0.4, 0.5) is 5.82 Å². The fourth-order valence-electron chi connectivity index (χ4n) is 1.69. The second kappa shape index (κ2) is 4.89. The van der Waals surface area contributed by atoms with E-state index in [-0.39, 0.29) is 22.9 Å². The normalized spacial score (nSPS) is 10.2. The Kier molecular flexibility index (Phi) is 3.28. The van der Waals surface area contributed by atoms with Crippen molar-refractivity contribution < 1.29 is 23.9 Å². The van der Waals surface area contributed by atoms with Crippen LogP contribution in [0.25, 0.3) is 11.3 Å². The zero-order valence-corrected chi connectivity index (χ0v) is 10.3. The highest BCUT2D eigenvalue weighted by Gasteiger charge is 2.19. The molecule has 0 atom stereocenters. The maximum atomic E-state index is 11.2. The van der Waals surface area contributed by atoms with Gasteiger partial charge in [-0.3, -0.25) is 0 Å². The standard InChI is InChI=1S/C12H12N2O5/c1-17-9-4-6(8-5-10(13)14-19-8)3-7(12(15)16)11(9)18-2/h3-5H,1-2H3,(H2,13,14)(H,15,16). The summed E-state index contributed by atoms with van der Waals surface area (Å²) in [5.74, 6) is -0.147. The molecular weight excluding hydrogens is 252 g/mol. The number of nitrogens with zero attached hydrogens (tertiary/aromatic N) is 1. The Morgan fingerprint density at radius 1 is 1.32 bits per heavy atom. The van der Waals surface area contributed by atoms with E-state index in [9.17, 15) is 9.90 Å². The van der Waals surface area contributed by atoms with Crippen molar-refractivity contribution in [1.29, 1.82) is 0 Å². The van der Waals surface area contributed by atoms with Gasteiger partial charge in [-0.15, -0.1) is 0 Å². The maximum absolute atomic E-state index is 11.2. The number of carbonyl (C=O) groups is 1. The highest BCUT2D eigenvalue weighted by atomic mass is 16.5. The number of aromatic carboxylic acids is 1. The smallest absolute Gasteiger partial charge is 0.339 e. The average Bonchev–Trinajstić information content (AvgIpc) is 2.83. The van der Waals surface area contributed by atoms with Crippen LogP contribution in [-0.4, -0.2) is 30.5 Å². The first kappa shape index (κ1) is 12.7. The van der Waals surface area contributed by atoms with Crippen molar-refractivity contribution in [1.82, 2.24) is 5.16 Å². The van der Waals surface area contributed by atoms with Crippen molar-refractivity contribution >= 4 is 11.8 Å². The van der Waals surface area contributed by atoms with E-state index in [4.69, 9.17) is 19.7 Å². The van der Waals surface area contributed by atoms with E-state index in [0.717, 1.165) is 0 Å². The molecule has 7 heteroatoms. The molecule has 1 aromatic carbocycles. The van der Waals surface area contributed by atoms with Crippen LogP contribution in [0.3, 0.4) is 0 Å². The van der Waals surface area contributed by atoms with Crippen LogP contribution in [0.1, 0.15) is 10.4 Å². The number of carboxylic acids is 1. The first-order valence-corrected chi connectivity index (χ1v) is 5.28. The number of hydrogen-bond acceptors (Lipinski definition) is 6. The Balaban J connectivity index is 2.64. The molecule has 0 fully saturated rings. The average molecular weight is 264 g/mol. The third kappa shape index (κ3) is 2.30. The summed E-state index contributed by atoms with van der Waals surface area (Å²) in [5, 5.41) is 12.7. The molecule has 0 aliphatic rings. The van der Waals surface area contributed by atoms with Crippen molar-refractivity contribution in [3.63, 3.8) is 0 Å². The summed E-state index contributed by atoms with van der Waals surface area (Å²) in [6.45, 7) is 0. The van der Waals surface area contributed by atoms with Crippen molar-refractivity contribution in [2.45, 2.75) is 0 Å². The number of rotatable bonds is 4. The topological polar surface area (TPSA) is 108 Å². The molecule has 1 aromatic heterocycles. The Morgan fingerprint density at radius 3 is 2.53 bits per heavy atom. The SMILES string of the molecule is COc1cc(-c2cc(N)no2)cc(C(=O)O)c1OC. The van der Waals surface area contributed by atoms with Gasteiger partial charge < -0.3 is 24.8 Å². The minimum absolute atomic E-state index is 0.0354. The largest absolute Gasteiger partial charge is 0.493 e. The van der Waals surface area contributed by atoms with Crippen molar-refractivity contribution in [3.8, 4) is 22.8 Å². The number of nitrogen functional groups attached to an aromatic ring is 1. The van der Waals surface area contributed by atoms with Crippen LogP contribution in [0.15, 0.2) is 22.7 Å². The molecule has 7 nitrogen and oxygen atoms in total. The molecule has 0 aliphatic carbocycles. The van der Waals surface area contributed by atoms with Crippen LogP contribution in [-0.2, 0) is 0 Å². The van der Waals surface area contributed by atoms with E-state index in [2.05, 4.69) is 5.16 Å². The van der Waals surface area contributed by atoms with Gasteiger partial charge in [-0.05, 0) is 12.1 Å². The van der Waals surface area contributed by atoms with E-state index in [1.165, 1.54) is 26.4 Å². The Labute approximate surface area is 108 Å². The number of methoxy groups -OCH3 is 2. The van der Waals surface area contributed by atoms with Gasteiger partial charge in [0.1, 0.15) is 5.56 Å². The highest BCUT2D eigenvalue weighted by molar-refractivity contribution is 5.94. The Bertz CT molecular complexity index is 621. The summed E-state index contributed by atoms with van der Waals surface area (Å²) < 4.78 is 15.2. The van der Waals surface area contributed by atoms with Crippen LogP contribution < -0.4 is 15.2 Å². The van der Waals surface area contributed by atoms with Crippen molar-refractivity contribution in [2.75, 3.05) is 20.0 Å². The van der Waals surface area contributed by atoms with Crippen LogP contribution in [0.2, 0.25) is 0 Å². The molecule has 2 aromatic rings. The lowest BCUT2D eigenvalue weighted by molar-refractivity contribution is 0.0692. The molecule has 0 bridgehead atoms. The van der Waals surface area contributed by atoms with E-state index < -0.39 is 5.97 Å². The summed E-state index contributed by atoms with van der Waals surface area (Å²) in [6, 6.07) is 4.49. The molecule has 3 N–H and O–H groups in total. The third-order valence-corrected chi connectivity index (χ3v) is 2.52. The first-order valence-electron chi connectivity index (χ1n) is 5.28. The lowest BCUT2D eigenvalue weighted by Gasteiger charge is -2.11. The lowest BCUT2D eigenvalue weighted by Crippen LogP contribution is -2.03. The highest BCUT2D eigenvalue weighted by Crippen LogP contribution is 2.36. The van der Waals surface area contributed by atoms with Crippen LogP contribution in [0.5, 0.6) is 11.5 Å². The number of nitrogens with two attached hydrogens (primary N) is 1. The molecule has 100 valence electrons. The summed E-state index contributed by atoms with van der Waals surface area (Å²) in [6.07, 6.45) is 0. The van der Waals surface area contributed by atoms with Crippen molar-refractivity contribution in [2.24, 2.45) is 0 Å². The zero-order valence-electron chi connectivity index (χ0n) is 10.3. The van der Waals surface area contributed by atoms with Gasteiger partial charge in [0.15, 0.2) is 23.1 Å². The second-order valence-corrected chi connectivity index (χ2v) is 3.68. The number of hydrogen-bond donors (Lipinski definition) is 2. The second-order valence-electron chi connectivity index (χ2n) is 3.68. The number of anilines is 1. The molecular formula is C12H12N2O5. The maximum Gasteiger partial charge on any atom is 0.339 e. The number of benzene rings is 1. The Hall–Kier alpha value is -2.70. The summed E-state index contributed by atoms with van der Waals surface area (Å²) in [4.78, 5) is 11.2. The van der Waals surface area contributed by atoms with Gasteiger partial charge in [-0.2, -0.15) is 0 Å².